The molecule has 0 radical (unpaired) electrons. The smallest absolute Gasteiger partial charge is 0.162 e. The standard InChI is InChI=1S/C17H27F2N/c1-12(2)8-14(11-20-10-13(3)4)9-15-6-5-7-16(18)17(15)19/h5-7,12-14,20H,8-11H2,1-4H3. The van der Waals surface area contributed by atoms with Crippen molar-refractivity contribution in [2.75, 3.05) is 13.1 Å². The van der Waals surface area contributed by atoms with Crippen LogP contribution in [0.4, 0.5) is 8.78 Å². The van der Waals surface area contributed by atoms with Crippen molar-refractivity contribution in [2.45, 2.75) is 40.5 Å². The largest absolute Gasteiger partial charge is 0.316 e. The molecule has 3 heteroatoms. The highest BCUT2D eigenvalue weighted by molar-refractivity contribution is 5.19. The highest BCUT2D eigenvalue weighted by Crippen LogP contribution is 2.20. The van der Waals surface area contributed by atoms with Gasteiger partial charge in [0.05, 0.1) is 0 Å². The monoisotopic (exact) mass is 283 g/mol. The lowest BCUT2D eigenvalue weighted by molar-refractivity contribution is 0.370. The van der Waals surface area contributed by atoms with E-state index in [1.807, 2.05) is 0 Å². The predicted molar refractivity (Wildman–Crippen MR) is 80.7 cm³/mol. The zero-order valence-electron chi connectivity index (χ0n) is 13.0. The molecule has 0 aliphatic carbocycles. The molecule has 1 rings (SSSR count). The third kappa shape index (κ3) is 6.00. The van der Waals surface area contributed by atoms with Gasteiger partial charge >= 0.3 is 0 Å². The summed E-state index contributed by atoms with van der Waals surface area (Å²) in [7, 11) is 0. The molecular formula is C17H27F2N. The van der Waals surface area contributed by atoms with E-state index in [9.17, 15) is 8.78 Å². The lowest BCUT2D eigenvalue weighted by Gasteiger charge is -2.21. The van der Waals surface area contributed by atoms with Crippen molar-refractivity contribution < 1.29 is 8.78 Å². The van der Waals surface area contributed by atoms with E-state index in [4.69, 9.17) is 0 Å². The van der Waals surface area contributed by atoms with Crippen LogP contribution in [0.25, 0.3) is 0 Å². The van der Waals surface area contributed by atoms with Gasteiger partial charge in [-0.1, -0.05) is 39.8 Å². The Labute approximate surface area is 121 Å². The van der Waals surface area contributed by atoms with Crippen molar-refractivity contribution in [3.05, 3.63) is 35.4 Å². The third-order valence-corrected chi connectivity index (χ3v) is 3.33. The molecular weight excluding hydrogens is 256 g/mol. The van der Waals surface area contributed by atoms with Gasteiger partial charge in [-0.15, -0.1) is 0 Å². The molecule has 0 saturated carbocycles. The Morgan fingerprint density at radius 3 is 2.30 bits per heavy atom. The molecule has 1 aromatic rings. The van der Waals surface area contributed by atoms with E-state index < -0.39 is 11.6 Å². The molecule has 114 valence electrons. The van der Waals surface area contributed by atoms with E-state index in [-0.39, 0.29) is 0 Å². The molecule has 0 aliphatic heterocycles. The lowest BCUT2D eigenvalue weighted by Crippen LogP contribution is -2.28. The van der Waals surface area contributed by atoms with Crippen LogP contribution in [-0.4, -0.2) is 13.1 Å². The SMILES string of the molecule is CC(C)CNCC(Cc1cccc(F)c1F)CC(C)C. The fourth-order valence-electron chi connectivity index (χ4n) is 2.50. The maximum absolute atomic E-state index is 13.8. The molecule has 1 nitrogen and oxygen atoms in total. The molecule has 1 N–H and O–H groups in total. The Balaban J connectivity index is 2.65. The van der Waals surface area contributed by atoms with Crippen molar-refractivity contribution in [2.24, 2.45) is 17.8 Å². The zero-order chi connectivity index (χ0) is 15.1. The Morgan fingerprint density at radius 1 is 1.00 bits per heavy atom. The third-order valence-electron chi connectivity index (χ3n) is 3.33. The second-order valence-corrected chi connectivity index (χ2v) is 6.46. The first-order valence-corrected chi connectivity index (χ1v) is 7.53. The Hall–Kier alpha value is -0.960. The molecule has 0 spiro atoms. The van der Waals surface area contributed by atoms with Gasteiger partial charge < -0.3 is 5.32 Å². The van der Waals surface area contributed by atoms with Crippen molar-refractivity contribution in [3.63, 3.8) is 0 Å². The number of benzene rings is 1. The second-order valence-electron chi connectivity index (χ2n) is 6.46. The van der Waals surface area contributed by atoms with Gasteiger partial charge in [0.15, 0.2) is 11.6 Å². The van der Waals surface area contributed by atoms with Crippen LogP contribution < -0.4 is 5.32 Å². The number of hydrogen-bond acceptors (Lipinski definition) is 1. The fraction of sp³-hybridized carbons (Fsp3) is 0.647. The summed E-state index contributed by atoms with van der Waals surface area (Å²) in [5.74, 6) is 0.0502. The summed E-state index contributed by atoms with van der Waals surface area (Å²) in [6, 6.07) is 4.45. The lowest BCUT2D eigenvalue weighted by atomic mass is 9.90. The number of nitrogens with one attached hydrogen (secondary N) is 1. The molecule has 0 aromatic heterocycles. The zero-order valence-corrected chi connectivity index (χ0v) is 13.0. The first-order valence-electron chi connectivity index (χ1n) is 7.53. The Morgan fingerprint density at radius 2 is 1.70 bits per heavy atom. The molecule has 0 aliphatic rings. The number of hydrogen-bond donors (Lipinski definition) is 1. The maximum atomic E-state index is 13.8. The van der Waals surface area contributed by atoms with Crippen LogP contribution in [0.2, 0.25) is 0 Å². The molecule has 0 saturated heterocycles. The predicted octanol–water partition coefficient (Wildman–Crippen LogP) is 4.42. The van der Waals surface area contributed by atoms with Gasteiger partial charge in [-0.2, -0.15) is 0 Å². The Bertz CT molecular complexity index is 402. The summed E-state index contributed by atoms with van der Waals surface area (Å²) in [4.78, 5) is 0. The summed E-state index contributed by atoms with van der Waals surface area (Å²) in [6.45, 7) is 10.5. The van der Waals surface area contributed by atoms with Gasteiger partial charge in [0, 0.05) is 0 Å². The first-order chi connectivity index (χ1) is 9.40. The van der Waals surface area contributed by atoms with E-state index in [0.29, 0.717) is 29.7 Å². The van der Waals surface area contributed by atoms with Crippen LogP contribution in [0.1, 0.15) is 39.7 Å². The van der Waals surface area contributed by atoms with Crippen LogP contribution >= 0.6 is 0 Å². The topological polar surface area (TPSA) is 12.0 Å². The van der Waals surface area contributed by atoms with Crippen LogP contribution in [0.3, 0.4) is 0 Å². The molecule has 0 amide bonds. The van der Waals surface area contributed by atoms with Crippen molar-refractivity contribution in [1.29, 1.82) is 0 Å². The molecule has 1 atom stereocenters. The average molecular weight is 283 g/mol. The van der Waals surface area contributed by atoms with Crippen molar-refractivity contribution in [3.8, 4) is 0 Å². The molecule has 0 fully saturated rings. The number of halogens is 2. The summed E-state index contributed by atoms with van der Waals surface area (Å²) in [6.07, 6.45) is 1.61. The molecule has 0 bridgehead atoms. The molecule has 1 aromatic carbocycles. The number of rotatable bonds is 8. The Kier molecular flexibility index (Phi) is 7.14. The van der Waals surface area contributed by atoms with Gasteiger partial charge in [-0.05, 0) is 55.3 Å². The first kappa shape index (κ1) is 17.1. The highest BCUT2D eigenvalue weighted by atomic mass is 19.2. The normalized spacial score (nSPS) is 13.2. The summed E-state index contributed by atoms with van der Waals surface area (Å²) in [5, 5.41) is 3.43. The summed E-state index contributed by atoms with van der Waals surface area (Å²) < 4.78 is 27.0. The van der Waals surface area contributed by atoms with Crippen LogP contribution in [0.5, 0.6) is 0 Å². The van der Waals surface area contributed by atoms with Crippen LogP contribution in [-0.2, 0) is 6.42 Å². The quantitative estimate of drug-likeness (QED) is 0.745. The minimum Gasteiger partial charge on any atom is -0.316 e. The van der Waals surface area contributed by atoms with Crippen LogP contribution in [0, 0.1) is 29.4 Å². The van der Waals surface area contributed by atoms with E-state index in [2.05, 4.69) is 33.0 Å². The van der Waals surface area contributed by atoms with Gasteiger partial charge in [0.1, 0.15) is 0 Å². The minimum atomic E-state index is -0.749. The minimum absolute atomic E-state index is 0.338. The van der Waals surface area contributed by atoms with E-state index >= 15 is 0 Å². The molecule has 0 heterocycles. The van der Waals surface area contributed by atoms with E-state index in [1.165, 1.54) is 6.07 Å². The fourth-order valence-corrected chi connectivity index (χ4v) is 2.50. The average Bonchev–Trinajstić information content (AvgIpc) is 2.33. The van der Waals surface area contributed by atoms with Gasteiger partial charge in [-0.25, -0.2) is 8.78 Å². The second kappa shape index (κ2) is 8.35. The maximum Gasteiger partial charge on any atom is 0.162 e. The molecule has 20 heavy (non-hydrogen) atoms. The highest BCUT2D eigenvalue weighted by Gasteiger charge is 2.16. The van der Waals surface area contributed by atoms with E-state index in [0.717, 1.165) is 19.5 Å². The van der Waals surface area contributed by atoms with Gasteiger partial charge in [0.2, 0.25) is 0 Å². The molecule has 1 unspecified atom stereocenters. The van der Waals surface area contributed by atoms with Gasteiger partial charge in [0.25, 0.3) is 0 Å². The van der Waals surface area contributed by atoms with E-state index in [1.54, 1.807) is 12.1 Å². The summed E-state index contributed by atoms with van der Waals surface area (Å²) in [5.41, 5.74) is 0.488. The van der Waals surface area contributed by atoms with Gasteiger partial charge in [-0.3, -0.25) is 0 Å². The van der Waals surface area contributed by atoms with Crippen molar-refractivity contribution >= 4 is 0 Å². The van der Waals surface area contributed by atoms with Crippen molar-refractivity contribution in [1.82, 2.24) is 5.32 Å². The van der Waals surface area contributed by atoms with Crippen LogP contribution in [0.15, 0.2) is 18.2 Å². The summed E-state index contributed by atoms with van der Waals surface area (Å²) >= 11 is 0.